The van der Waals surface area contributed by atoms with Gasteiger partial charge in [0.25, 0.3) is 11.5 Å². The van der Waals surface area contributed by atoms with Gasteiger partial charge in [-0.25, -0.2) is 9.67 Å². The Balaban J connectivity index is 1.65. The maximum Gasteiger partial charge on any atom is 0.271 e. The van der Waals surface area contributed by atoms with E-state index in [1.54, 1.807) is 7.11 Å². The molecule has 2 heterocycles. The second-order valence-corrected chi connectivity index (χ2v) is 5.83. The predicted molar refractivity (Wildman–Crippen MR) is 97.2 cm³/mol. The number of methoxy groups -OCH3 is 1. The van der Waals surface area contributed by atoms with Gasteiger partial charge in [-0.15, -0.1) is 0 Å². The Kier molecular flexibility index (Phi) is 5.43. The molecule has 0 saturated heterocycles. The predicted octanol–water partition coefficient (Wildman–Crippen LogP) is 0.978. The van der Waals surface area contributed by atoms with Crippen molar-refractivity contribution in [3.8, 4) is 0 Å². The smallest absolute Gasteiger partial charge is 0.271 e. The molecular formula is C18H21N5O3. The molecule has 8 heteroatoms. The van der Waals surface area contributed by atoms with Crippen LogP contribution in [-0.4, -0.2) is 45.5 Å². The summed E-state index contributed by atoms with van der Waals surface area (Å²) in [5.41, 5.74) is 1.90. The molecule has 0 aliphatic heterocycles. The van der Waals surface area contributed by atoms with Gasteiger partial charge in [-0.1, -0.05) is 12.1 Å². The molecule has 8 nitrogen and oxygen atoms in total. The number of carbonyl (C=O) groups excluding carboxylic acids is 1. The number of rotatable bonds is 7. The van der Waals surface area contributed by atoms with E-state index in [1.807, 2.05) is 31.2 Å². The van der Waals surface area contributed by atoms with Crippen LogP contribution in [0.2, 0.25) is 0 Å². The molecule has 0 fully saturated rings. The summed E-state index contributed by atoms with van der Waals surface area (Å²) in [6.45, 7) is 3.62. The highest BCUT2D eigenvalue weighted by molar-refractivity contribution is 5.91. The first kappa shape index (κ1) is 17.8. The van der Waals surface area contributed by atoms with Crippen molar-refractivity contribution in [3.05, 3.63) is 58.3 Å². The minimum absolute atomic E-state index is 0.202. The van der Waals surface area contributed by atoms with Crippen LogP contribution in [0.1, 0.15) is 16.3 Å². The fraction of sp³-hybridized carbons (Fsp3) is 0.333. The maximum absolute atomic E-state index is 12.3. The van der Waals surface area contributed by atoms with Crippen LogP contribution in [0.3, 0.4) is 0 Å². The number of benzene rings is 1. The molecule has 26 heavy (non-hydrogen) atoms. The van der Waals surface area contributed by atoms with Crippen molar-refractivity contribution in [2.45, 2.75) is 20.0 Å². The number of para-hydroxylation sites is 2. The highest BCUT2D eigenvalue weighted by Gasteiger charge is 2.11. The number of amides is 1. The Morgan fingerprint density at radius 2 is 2.00 bits per heavy atom. The summed E-state index contributed by atoms with van der Waals surface area (Å²) < 4.78 is 8.23. The normalized spacial score (nSPS) is 11.0. The monoisotopic (exact) mass is 355 g/mol. The molecule has 0 unspecified atom stereocenters. The molecule has 2 aromatic heterocycles. The van der Waals surface area contributed by atoms with Crippen LogP contribution < -0.4 is 10.9 Å². The second-order valence-electron chi connectivity index (χ2n) is 5.83. The standard InChI is InChI=1S/C18H21N5O3/c1-13-20-14-5-3-4-6-16(14)22(13)10-9-19-18(25)15-7-8-17(24)23(21-15)11-12-26-2/h3-8H,9-12H2,1-2H3,(H,19,25). The van der Waals surface area contributed by atoms with Crippen LogP contribution >= 0.6 is 0 Å². The summed E-state index contributed by atoms with van der Waals surface area (Å²) in [5, 5.41) is 6.92. The molecular weight excluding hydrogens is 334 g/mol. The van der Waals surface area contributed by atoms with E-state index in [1.165, 1.54) is 16.8 Å². The van der Waals surface area contributed by atoms with Gasteiger partial charge in [0, 0.05) is 26.3 Å². The third-order valence-corrected chi connectivity index (χ3v) is 4.07. The lowest BCUT2D eigenvalue weighted by atomic mass is 10.3. The van der Waals surface area contributed by atoms with E-state index in [-0.39, 0.29) is 17.2 Å². The Morgan fingerprint density at radius 1 is 1.19 bits per heavy atom. The summed E-state index contributed by atoms with van der Waals surface area (Å²) >= 11 is 0. The first-order valence-corrected chi connectivity index (χ1v) is 8.37. The van der Waals surface area contributed by atoms with E-state index >= 15 is 0 Å². The SMILES string of the molecule is COCCn1nc(C(=O)NCCn2c(C)nc3ccccc32)ccc1=O. The zero-order valence-corrected chi connectivity index (χ0v) is 14.8. The zero-order chi connectivity index (χ0) is 18.5. The van der Waals surface area contributed by atoms with Crippen molar-refractivity contribution >= 4 is 16.9 Å². The van der Waals surface area contributed by atoms with Crippen molar-refractivity contribution in [2.75, 3.05) is 20.3 Å². The van der Waals surface area contributed by atoms with Crippen molar-refractivity contribution in [1.29, 1.82) is 0 Å². The number of aromatic nitrogens is 4. The number of ether oxygens (including phenoxy) is 1. The average Bonchev–Trinajstić information content (AvgIpc) is 2.96. The maximum atomic E-state index is 12.3. The fourth-order valence-electron chi connectivity index (χ4n) is 2.76. The molecule has 0 radical (unpaired) electrons. The number of nitrogens with zero attached hydrogens (tertiary/aromatic N) is 4. The van der Waals surface area contributed by atoms with Gasteiger partial charge < -0.3 is 14.6 Å². The summed E-state index contributed by atoms with van der Waals surface area (Å²) in [4.78, 5) is 28.6. The molecule has 0 aliphatic rings. The number of hydrogen-bond acceptors (Lipinski definition) is 5. The molecule has 1 N–H and O–H groups in total. The molecule has 0 spiro atoms. The van der Waals surface area contributed by atoms with E-state index in [0.29, 0.717) is 26.2 Å². The van der Waals surface area contributed by atoms with Gasteiger partial charge in [0.15, 0.2) is 0 Å². The van der Waals surface area contributed by atoms with E-state index in [9.17, 15) is 9.59 Å². The van der Waals surface area contributed by atoms with E-state index < -0.39 is 0 Å². The first-order valence-electron chi connectivity index (χ1n) is 8.37. The number of imidazole rings is 1. The summed E-state index contributed by atoms with van der Waals surface area (Å²) in [6.07, 6.45) is 0. The minimum Gasteiger partial charge on any atom is -0.383 e. The number of aryl methyl sites for hydroxylation is 1. The zero-order valence-electron chi connectivity index (χ0n) is 14.8. The number of fused-ring (bicyclic) bond motifs is 1. The molecule has 3 aromatic rings. The van der Waals surface area contributed by atoms with Gasteiger partial charge in [0.2, 0.25) is 0 Å². The molecule has 0 aliphatic carbocycles. The van der Waals surface area contributed by atoms with E-state index in [2.05, 4.69) is 20.0 Å². The van der Waals surface area contributed by atoms with Crippen LogP contribution in [-0.2, 0) is 17.8 Å². The molecule has 0 atom stereocenters. The summed E-state index contributed by atoms with van der Waals surface area (Å²) in [5.74, 6) is 0.574. The summed E-state index contributed by atoms with van der Waals surface area (Å²) in [7, 11) is 1.55. The van der Waals surface area contributed by atoms with Crippen molar-refractivity contribution in [1.82, 2.24) is 24.6 Å². The Morgan fingerprint density at radius 3 is 2.81 bits per heavy atom. The van der Waals surface area contributed by atoms with Crippen LogP contribution in [0.5, 0.6) is 0 Å². The summed E-state index contributed by atoms with van der Waals surface area (Å²) in [6, 6.07) is 10.6. The molecule has 3 rings (SSSR count). The molecule has 0 bridgehead atoms. The van der Waals surface area contributed by atoms with Gasteiger partial charge in [-0.2, -0.15) is 5.10 Å². The first-order chi connectivity index (χ1) is 12.6. The third-order valence-electron chi connectivity index (χ3n) is 4.07. The van der Waals surface area contributed by atoms with Crippen LogP contribution in [0.25, 0.3) is 11.0 Å². The van der Waals surface area contributed by atoms with Gasteiger partial charge in [0.05, 0.1) is 24.2 Å². The van der Waals surface area contributed by atoms with Gasteiger partial charge in [0.1, 0.15) is 11.5 Å². The van der Waals surface area contributed by atoms with E-state index in [4.69, 9.17) is 4.74 Å². The van der Waals surface area contributed by atoms with Crippen LogP contribution in [0, 0.1) is 6.92 Å². The van der Waals surface area contributed by atoms with Crippen LogP contribution in [0.15, 0.2) is 41.2 Å². The van der Waals surface area contributed by atoms with Gasteiger partial charge in [-0.3, -0.25) is 9.59 Å². The van der Waals surface area contributed by atoms with Crippen LogP contribution in [0.4, 0.5) is 0 Å². The minimum atomic E-state index is -0.321. The Labute approximate surface area is 150 Å². The fourth-order valence-corrected chi connectivity index (χ4v) is 2.76. The third kappa shape index (κ3) is 3.80. The van der Waals surface area contributed by atoms with Gasteiger partial charge in [-0.05, 0) is 25.1 Å². The molecule has 1 aromatic carbocycles. The highest BCUT2D eigenvalue weighted by atomic mass is 16.5. The van der Waals surface area contributed by atoms with Crippen molar-refractivity contribution < 1.29 is 9.53 Å². The molecule has 0 saturated carbocycles. The quantitative estimate of drug-likeness (QED) is 0.682. The number of nitrogens with one attached hydrogen (secondary N) is 1. The topological polar surface area (TPSA) is 91.0 Å². The lowest BCUT2D eigenvalue weighted by molar-refractivity contribution is 0.0943. The Hall–Kier alpha value is -3.00. The Bertz CT molecular complexity index is 976. The molecule has 136 valence electrons. The number of carbonyl (C=O) groups is 1. The largest absolute Gasteiger partial charge is 0.383 e. The van der Waals surface area contributed by atoms with Crippen molar-refractivity contribution in [3.63, 3.8) is 0 Å². The molecule has 1 amide bonds. The second kappa shape index (κ2) is 7.92. The van der Waals surface area contributed by atoms with Crippen molar-refractivity contribution in [2.24, 2.45) is 0 Å². The highest BCUT2D eigenvalue weighted by Crippen LogP contribution is 2.14. The van der Waals surface area contributed by atoms with Gasteiger partial charge >= 0.3 is 0 Å². The van der Waals surface area contributed by atoms with E-state index in [0.717, 1.165) is 16.9 Å². The lowest BCUT2D eigenvalue weighted by Crippen LogP contribution is -2.32. The average molecular weight is 355 g/mol. The number of hydrogen-bond donors (Lipinski definition) is 1. The lowest BCUT2D eigenvalue weighted by Gasteiger charge is -2.09.